The van der Waals surface area contributed by atoms with Crippen molar-refractivity contribution in [1.29, 1.82) is 0 Å². The van der Waals surface area contributed by atoms with Crippen molar-refractivity contribution >= 4 is 22.1 Å². The molecule has 0 amide bonds. The van der Waals surface area contributed by atoms with E-state index in [0.29, 0.717) is 0 Å². The monoisotopic (exact) mass is 277 g/mol. The maximum absolute atomic E-state index is 11.3. The lowest BCUT2D eigenvalue weighted by Gasteiger charge is -1.96. The highest BCUT2D eigenvalue weighted by Gasteiger charge is 1.92. The summed E-state index contributed by atoms with van der Waals surface area (Å²) >= 11 is 3.31. The second kappa shape index (κ2) is 4.85. The minimum atomic E-state index is -0.165. The molecule has 0 N–H and O–H groups in total. The fourth-order valence-electron chi connectivity index (χ4n) is 1.14. The predicted octanol–water partition coefficient (Wildman–Crippen LogP) is 1.89. The first-order valence-electron chi connectivity index (χ1n) is 4.58. The maximum Gasteiger partial charge on any atom is 0.270 e. The van der Waals surface area contributed by atoms with Gasteiger partial charge in [0, 0.05) is 34.7 Å². The molecule has 2 rings (SSSR count). The second-order valence-corrected chi connectivity index (χ2v) is 3.98. The summed E-state index contributed by atoms with van der Waals surface area (Å²) in [6, 6.07) is 6.74. The van der Waals surface area contributed by atoms with E-state index in [9.17, 15) is 4.79 Å². The molecule has 0 radical (unpaired) electrons. The summed E-state index contributed by atoms with van der Waals surface area (Å²) in [5.74, 6) is 0. The van der Waals surface area contributed by atoms with Crippen LogP contribution in [0.15, 0.2) is 57.2 Å². The lowest BCUT2D eigenvalue weighted by Crippen LogP contribution is -2.13. The molecule has 0 aliphatic carbocycles. The van der Waals surface area contributed by atoms with Gasteiger partial charge in [-0.2, -0.15) is 5.10 Å². The fourth-order valence-corrected chi connectivity index (χ4v) is 1.52. The SMILES string of the molecule is O=c1ccccn1/N=C/c1cncc(Br)c1. The molecule has 80 valence electrons. The van der Waals surface area contributed by atoms with Crippen LogP contribution in [0.3, 0.4) is 0 Å². The van der Waals surface area contributed by atoms with Crippen molar-refractivity contribution in [2.45, 2.75) is 0 Å². The molecule has 5 heteroatoms. The Hall–Kier alpha value is -1.75. The zero-order chi connectivity index (χ0) is 11.4. The molecule has 4 nitrogen and oxygen atoms in total. The molecule has 0 saturated carbocycles. The lowest BCUT2D eigenvalue weighted by atomic mass is 10.3. The average molecular weight is 278 g/mol. The van der Waals surface area contributed by atoms with Crippen molar-refractivity contribution in [2.75, 3.05) is 0 Å². The van der Waals surface area contributed by atoms with Crippen LogP contribution in [0.25, 0.3) is 0 Å². The highest BCUT2D eigenvalue weighted by atomic mass is 79.9. The van der Waals surface area contributed by atoms with Gasteiger partial charge in [-0.05, 0) is 28.1 Å². The number of hydrogen-bond acceptors (Lipinski definition) is 3. The Morgan fingerprint density at radius 3 is 3.00 bits per heavy atom. The molecule has 0 aliphatic rings. The van der Waals surface area contributed by atoms with Gasteiger partial charge < -0.3 is 0 Å². The van der Waals surface area contributed by atoms with Crippen LogP contribution in [-0.4, -0.2) is 15.9 Å². The molecular formula is C11H8BrN3O. The van der Waals surface area contributed by atoms with E-state index in [-0.39, 0.29) is 5.56 Å². The summed E-state index contributed by atoms with van der Waals surface area (Å²) < 4.78 is 2.14. The Bertz CT molecular complexity index is 577. The highest BCUT2D eigenvalue weighted by molar-refractivity contribution is 9.10. The minimum absolute atomic E-state index is 0.165. The van der Waals surface area contributed by atoms with Crippen LogP contribution in [0.2, 0.25) is 0 Å². The molecule has 0 bridgehead atoms. The summed E-state index contributed by atoms with van der Waals surface area (Å²) in [4.78, 5) is 15.3. The third-order valence-corrected chi connectivity index (χ3v) is 2.29. The Balaban J connectivity index is 2.28. The van der Waals surface area contributed by atoms with Gasteiger partial charge >= 0.3 is 0 Å². The third kappa shape index (κ3) is 2.64. The molecule has 16 heavy (non-hydrogen) atoms. The van der Waals surface area contributed by atoms with Crippen LogP contribution < -0.4 is 5.56 Å². The summed E-state index contributed by atoms with van der Waals surface area (Å²) in [6.07, 6.45) is 6.54. The van der Waals surface area contributed by atoms with Gasteiger partial charge in [-0.15, -0.1) is 0 Å². The van der Waals surface area contributed by atoms with E-state index in [1.165, 1.54) is 10.7 Å². The molecule has 2 aromatic rings. The molecule has 0 saturated heterocycles. The molecule has 0 spiro atoms. The van der Waals surface area contributed by atoms with Crippen LogP contribution in [0.1, 0.15) is 5.56 Å². The summed E-state index contributed by atoms with van der Waals surface area (Å²) in [5.41, 5.74) is 0.659. The quantitative estimate of drug-likeness (QED) is 0.787. The smallest absolute Gasteiger partial charge is 0.267 e. The van der Waals surface area contributed by atoms with Crippen LogP contribution >= 0.6 is 15.9 Å². The van der Waals surface area contributed by atoms with Crippen molar-refractivity contribution in [3.63, 3.8) is 0 Å². The van der Waals surface area contributed by atoms with Crippen molar-refractivity contribution < 1.29 is 0 Å². The van der Waals surface area contributed by atoms with Gasteiger partial charge in [-0.25, -0.2) is 4.68 Å². The summed E-state index contributed by atoms with van der Waals surface area (Å²) in [5, 5.41) is 4.04. The second-order valence-electron chi connectivity index (χ2n) is 3.06. The normalized spacial score (nSPS) is 10.8. The summed E-state index contributed by atoms with van der Waals surface area (Å²) in [7, 11) is 0. The van der Waals surface area contributed by atoms with Crippen LogP contribution in [0.4, 0.5) is 0 Å². The molecule has 2 aromatic heterocycles. The topological polar surface area (TPSA) is 47.2 Å². The van der Waals surface area contributed by atoms with Gasteiger partial charge in [0.1, 0.15) is 0 Å². The molecule has 0 atom stereocenters. The number of rotatable bonds is 2. The van der Waals surface area contributed by atoms with Gasteiger partial charge in [0.15, 0.2) is 0 Å². The predicted molar refractivity (Wildman–Crippen MR) is 65.6 cm³/mol. The zero-order valence-corrected chi connectivity index (χ0v) is 9.83. The Morgan fingerprint density at radius 2 is 2.25 bits per heavy atom. The van der Waals surface area contributed by atoms with Crippen molar-refractivity contribution in [3.05, 3.63) is 63.2 Å². The third-order valence-electron chi connectivity index (χ3n) is 1.86. The van der Waals surface area contributed by atoms with E-state index in [1.807, 2.05) is 6.07 Å². The van der Waals surface area contributed by atoms with E-state index < -0.39 is 0 Å². The van der Waals surface area contributed by atoms with Crippen molar-refractivity contribution in [1.82, 2.24) is 9.66 Å². The molecule has 0 fully saturated rings. The average Bonchev–Trinajstić information content (AvgIpc) is 2.28. The van der Waals surface area contributed by atoms with Gasteiger partial charge in [-0.1, -0.05) is 6.07 Å². The first-order chi connectivity index (χ1) is 7.75. The maximum atomic E-state index is 11.3. The van der Waals surface area contributed by atoms with Crippen LogP contribution in [-0.2, 0) is 0 Å². The van der Waals surface area contributed by atoms with Crippen molar-refractivity contribution in [3.8, 4) is 0 Å². The number of nitrogens with zero attached hydrogens (tertiary/aromatic N) is 3. The zero-order valence-electron chi connectivity index (χ0n) is 8.25. The minimum Gasteiger partial charge on any atom is -0.267 e. The number of halogens is 1. The van der Waals surface area contributed by atoms with Crippen LogP contribution in [0, 0.1) is 0 Å². The van der Waals surface area contributed by atoms with Gasteiger partial charge in [0.2, 0.25) is 0 Å². The van der Waals surface area contributed by atoms with Gasteiger partial charge in [-0.3, -0.25) is 9.78 Å². The lowest BCUT2D eigenvalue weighted by molar-refractivity contribution is 0.832. The summed E-state index contributed by atoms with van der Waals surface area (Å²) in [6.45, 7) is 0. The largest absolute Gasteiger partial charge is 0.270 e. The van der Waals surface area contributed by atoms with Crippen molar-refractivity contribution in [2.24, 2.45) is 5.10 Å². The molecule has 0 aromatic carbocycles. The Labute approximate surface area is 100 Å². The molecule has 0 aliphatic heterocycles. The number of hydrogen-bond donors (Lipinski definition) is 0. The fraction of sp³-hybridized carbons (Fsp3) is 0. The van der Waals surface area contributed by atoms with E-state index in [4.69, 9.17) is 0 Å². The molecular weight excluding hydrogens is 270 g/mol. The van der Waals surface area contributed by atoms with Gasteiger partial charge in [0.05, 0.1) is 6.21 Å². The number of pyridine rings is 2. The first kappa shape index (κ1) is 10.8. The Morgan fingerprint density at radius 1 is 1.38 bits per heavy atom. The highest BCUT2D eigenvalue weighted by Crippen LogP contribution is 2.07. The van der Waals surface area contributed by atoms with Gasteiger partial charge in [0.25, 0.3) is 5.56 Å². The first-order valence-corrected chi connectivity index (χ1v) is 5.37. The number of aromatic nitrogens is 2. The standard InChI is InChI=1S/C11H8BrN3O/c12-10-5-9(6-13-8-10)7-14-15-4-2-1-3-11(15)16/h1-8H/b14-7+. The van der Waals surface area contributed by atoms with E-state index >= 15 is 0 Å². The Kier molecular flexibility index (Phi) is 3.26. The molecule has 0 unspecified atom stereocenters. The van der Waals surface area contributed by atoms with E-state index in [1.54, 1.807) is 36.9 Å². The van der Waals surface area contributed by atoms with Crippen LogP contribution in [0.5, 0.6) is 0 Å². The van der Waals surface area contributed by atoms with E-state index in [2.05, 4.69) is 26.0 Å². The van der Waals surface area contributed by atoms with E-state index in [0.717, 1.165) is 10.0 Å². The molecule has 2 heterocycles.